The van der Waals surface area contributed by atoms with E-state index in [2.05, 4.69) is 6.92 Å². The Morgan fingerprint density at radius 1 is 1.25 bits per heavy atom. The van der Waals surface area contributed by atoms with E-state index >= 15 is 0 Å². The zero-order valence-corrected chi connectivity index (χ0v) is 7.37. The first-order valence-corrected chi connectivity index (χ1v) is 3.75. The summed E-state index contributed by atoms with van der Waals surface area (Å²) < 4.78 is 0. The van der Waals surface area contributed by atoms with Gasteiger partial charge in [0.05, 0.1) is 0 Å². The molecule has 0 aromatic heterocycles. The molecule has 0 aliphatic carbocycles. The minimum absolute atomic E-state index is 0.0231. The lowest BCUT2D eigenvalue weighted by atomic mass is 10.1. The SMILES string of the molecule is [CH2]c1ccc(C(=O)N(C)C)cc1. The molecule has 1 aromatic carbocycles. The first kappa shape index (κ1) is 8.78. The molecule has 0 atom stereocenters. The number of rotatable bonds is 1. The monoisotopic (exact) mass is 162 g/mol. The molecule has 0 N–H and O–H groups in total. The Morgan fingerprint density at radius 2 is 1.75 bits per heavy atom. The van der Waals surface area contributed by atoms with Crippen molar-refractivity contribution in [2.45, 2.75) is 0 Å². The van der Waals surface area contributed by atoms with E-state index < -0.39 is 0 Å². The summed E-state index contributed by atoms with van der Waals surface area (Å²) in [5, 5.41) is 0. The van der Waals surface area contributed by atoms with Crippen molar-refractivity contribution in [2.24, 2.45) is 0 Å². The minimum Gasteiger partial charge on any atom is -0.345 e. The van der Waals surface area contributed by atoms with Gasteiger partial charge in [-0.3, -0.25) is 4.79 Å². The van der Waals surface area contributed by atoms with Crippen LogP contribution in [0, 0.1) is 6.92 Å². The van der Waals surface area contributed by atoms with E-state index in [1.165, 1.54) is 0 Å². The summed E-state index contributed by atoms with van der Waals surface area (Å²) in [7, 11) is 3.47. The lowest BCUT2D eigenvalue weighted by Crippen LogP contribution is -2.21. The third-order valence-corrected chi connectivity index (χ3v) is 1.61. The minimum atomic E-state index is 0.0231. The van der Waals surface area contributed by atoms with Crippen LogP contribution < -0.4 is 0 Å². The van der Waals surface area contributed by atoms with Gasteiger partial charge in [0.15, 0.2) is 0 Å². The molecule has 0 spiro atoms. The molecule has 2 nitrogen and oxygen atoms in total. The molecule has 1 rings (SSSR count). The first-order valence-electron chi connectivity index (χ1n) is 3.75. The van der Waals surface area contributed by atoms with Crippen molar-refractivity contribution in [3.8, 4) is 0 Å². The number of carbonyl (C=O) groups is 1. The Morgan fingerprint density at radius 3 is 2.17 bits per heavy atom. The fourth-order valence-electron chi connectivity index (χ4n) is 0.906. The van der Waals surface area contributed by atoms with E-state index in [0.29, 0.717) is 5.56 Å². The average Bonchev–Trinajstić information content (AvgIpc) is 2.04. The van der Waals surface area contributed by atoms with Crippen LogP contribution in [-0.4, -0.2) is 24.9 Å². The molecular weight excluding hydrogens is 150 g/mol. The molecule has 1 radical (unpaired) electrons. The third-order valence-electron chi connectivity index (χ3n) is 1.61. The van der Waals surface area contributed by atoms with Crippen LogP contribution in [0.2, 0.25) is 0 Å². The maximum atomic E-state index is 11.4. The summed E-state index contributed by atoms with van der Waals surface area (Å²) in [6.07, 6.45) is 0. The quantitative estimate of drug-likeness (QED) is 0.613. The van der Waals surface area contributed by atoms with E-state index in [9.17, 15) is 4.79 Å². The van der Waals surface area contributed by atoms with Gasteiger partial charge in [0.25, 0.3) is 5.91 Å². The second-order valence-corrected chi connectivity index (χ2v) is 2.90. The molecule has 0 bridgehead atoms. The summed E-state index contributed by atoms with van der Waals surface area (Å²) >= 11 is 0. The molecule has 63 valence electrons. The first-order chi connectivity index (χ1) is 5.61. The van der Waals surface area contributed by atoms with Gasteiger partial charge in [-0.25, -0.2) is 0 Å². The number of nitrogens with zero attached hydrogens (tertiary/aromatic N) is 1. The summed E-state index contributed by atoms with van der Waals surface area (Å²) in [5.74, 6) is 0.0231. The van der Waals surface area contributed by atoms with Crippen LogP contribution in [0.25, 0.3) is 0 Å². The highest BCUT2D eigenvalue weighted by Crippen LogP contribution is 2.04. The van der Waals surface area contributed by atoms with Gasteiger partial charge in [0, 0.05) is 19.7 Å². The van der Waals surface area contributed by atoms with Gasteiger partial charge in [-0.2, -0.15) is 0 Å². The van der Waals surface area contributed by atoms with Crippen molar-refractivity contribution in [1.29, 1.82) is 0 Å². The highest BCUT2D eigenvalue weighted by atomic mass is 16.2. The Bertz CT molecular complexity index is 274. The van der Waals surface area contributed by atoms with Crippen LogP contribution in [-0.2, 0) is 0 Å². The fourth-order valence-corrected chi connectivity index (χ4v) is 0.906. The molecule has 0 heterocycles. The highest BCUT2D eigenvalue weighted by Gasteiger charge is 2.05. The standard InChI is InChI=1S/C10H12NO/c1-8-4-6-9(7-5-8)10(12)11(2)3/h4-7H,1H2,2-3H3. The molecule has 0 aliphatic heterocycles. The molecule has 0 fully saturated rings. The average molecular weight is 162 g/mol. The van der Waals surface area contributed by atoms with E-state index in [-0.39, 0.29) is 5.91 Å². The molecule has 0 aliphatic rings. The van der Waals surface area contributed by atoms with Gasteiger partial charge >= 0.3 is 0 Å². The van der Waals surface area contributed by atoms with Gasteiger partial charge in [-0.15, -0.1) is 0 Å². The second-order valence-electron chi connectivity index (χ2n) is 2.90. The van der Waals surface area contributed by atoms with E-state index in [1.54, 1.807) is 31.1 Å². The highest BCUT2D eigenvalue weighted by molar-refractivity contribution is 5.93. The van der Waals surface area contributed by atoms with Crippen LogP contribution in [0.5, 0.6) is 0 Å². The van der Waals surface area contributed by atoms with Gasteiger partial charge in [0.2, 0.25) is 0 Å². The Balaban J connectivity index is 2.90. The fraction of sp³-hybridized carbons (Fsp3) is 0.200. The number of hydrogen-bond acceptors (Lipinski definition) is 1. The zero-order valence-electron chi connectivity index (χ0n) is 7.37. The molecular formula is C10H12NO. The summed E-state index contributed by atoms with van der Waals surface area (Å²) in [6.45, 7) is 3.74. The van der Waals surface area contributed by atoms with Crippen molar-refractivity contribution in [2.75, 3.05) is 14.1 Å². The zero-order chi connectivity index (χ0) is 9.14. The lowest BCUT2D eigenvalue weighted by molar-refractivity contribution is 0.0827. The molecule has 2 heteroatoms. The van der Waals surface area contributed by atoms with Crippen LogP contribution in [0.3, 0.4) is 0 Å². The Hall–Kier alpha value is -1.31. The molecule has 12 heavy (non-hydrogen) atoms. The number of benzene rings is 1. The van der Waals surface area contributed by atoms with Crippen molar-refractivity contribution in [3.05, 3.63) is 42.3 Å². The predicted octanol–water partition coefficient (Wildman–Crippen LogP) is 1.57. The van der Waals surface area contributed by atoms with Crippen molar-refractivity contribution >= 4 is 5.91 Å². The molecule has 0 unspecified atom stereocenters. The Kier molecular flexibility index (Phi) is 2.48. The topological polar surface area (TPSA) is 20.3 Å². The normalized spacial score (nSPS) is 9.58. The van der Waals surface area contributed by atoms with Crippen LogP contribution in [0.1, 0.15) is 15.9 Å². The maximum Gasteiger partial charge on any atom is 0.253 e. The smallest absolute Gasteiger partial charge is 0.253 e. The van der Waals surface area contributed by atoms with Crippen molar-refractivity contribution in [1.82, 2.24) is 4.90 Å². The predicted molar refractivity (Wildman–Crippen MR) is 48.9 cm³/mol. The van der Waals surface area contributed by atoms with Gasteiger partial charge in [-0.05, 0) is 24.6 Å². The summed E-state index contributed by atoms with van der Waals surface area (Å²) in [4.78, 5) is 12.9. The summed E-state index contributed by atoms with van der Waals surface area (Å²) in [6, 6.07) is 7.22. The summed E-state index contributed by atoms with van der Waals surface area (Å²) in [5.41, 5.74) is 1.62. The van der Waals surface area contributed by atoms with Crippen molar-refractivity contribution in [3.63, 3.8) is 0 Å². The van der Waals surface area contributed by atoms with E-state index in [4.69, 9.17) is 0 Å². The van der Waals surface area contributed by atoms with Crippen LogP contribution in [0.4, 0.5) is 0 Å². The van der Waals surface area contributed by atoms with Crippen molar-refractivity contribution < 1.29 is 4.79 Å². The van der Waals surface area contributed by atoms with Crippen LogP contribution >= 0.6 is 0 Å². The van der Waals surface area contributed by atoms with E-state index in [0.717, 1.165) is 5.56 Å². The number of amides is 1. The largest absolute Gasteiger partial charge is 0.345 e. The molecule has 0 saturated heterocycles. The molecule has 0 saturated carbocycles. The second kappa shape index (κ2) is 3.39. The maximum absolute atomic E-state index is 11.4. The molecule has 1 aromatic rings. The Labute approximate surface area is 72.8 Å². The van der Waals surface area contributed by atoms with E-state index in [1.807, 2.05) is 12.1 Å². The van der Waals surface area contributed by atoms with Crippen LogP contribution in [0.15, 0.2) is 24.3 Å². The van der Waals surface area contributed by atoms with Gasteiger partial charge in [0.1, 0.15) is 0 Å². The van der Waals surface area contributed by atoms with Gasteiger partial charge in [-0.1, -0.05) is 12.1 Å². The number of carbonyl (C=O) groups excluding carboxylic acids is 1. The molecule has 1 amide bonds. The lowest BCUT2D eigenvalue weighted by Gasteiger charge is -2.09. The third kappa shape index (κ3) is 1.84. The van der Waals surface area contributed by atoms with Gasteiger partial charge < -0.3 is 4.90 Å². The number of hydrogen-bond donors (Lipinski definition) is 0.